The minimum atomic E-state index is -0.0110. The largest absolute Gasteiger partial charge is 0.354 e. The van der Waals surface area contributed by atoms with E-state index in [4.69, 9.17) is 4.52 Å². The van der Waals surface area contributed by atoms with E-state index < -0.39 is 0 Å². The van der Waals surface area contributed by atoms with Gasteiger partial charge in [-0.3, -0.25) is 4.79 Å². The molecule has 25 heavy (non-hydrogen) atoms. The molecule has 3 aromatic heterocycles. The van der Waals surface area contributed by atoms with Gasteiger partial charge in [0.2, 0.25) is 0 Å². The number of pyridine rings is 1. The van der Waals surface area contributed by atoms with Crippen molar-refractivity contribution < 1.29 is 9.32 Å². The zero-order valence-corrected chi connectivity index (χ0v) is 14.5. The lowest BCUT2D eigenvalue weighted by Crippen LogP contribution is -2.37. The molecule has 1 N–H and O–H groups in total. The fourth-order valence-corrected chi connectivity index (χ4v) is 3.50. The summed E-state index contributed by atoms with van der Waals surface area (Å²) in [6, 6.07) is 5.84. The Bertz CT molecular complexity index is 860. The zero-order chi connectivity index (χ0) is 17.2. The fourth-order valence-electron chi connectivity index (χ4n) is 2.86. The first-order chi connectivity index (χ1) is 12.2. The van der Waals surface area contributed by atoms with Crippen LogP contribution in [-0.4, -0.2) is 40.2 Å². The van der Waals surface area contributed by atoms with Gasteiger partial charge in [0.25, 0.3) is 11.8 Å². The molecule has 1 saturated heterocycles. The van der Waals surface area contributed by atoms with Gasteiger partial charge in [0.15, 0.2) is 5.82 Å². The van der Waals surface area contributed by atoms with Crippen LogP contribution in [0.5, 0.6) is 0 Å². The van der Waals surface area contributed by atoms with E-state index >= 15 is 0 Å². The van der Waals surface area contributed by atoms with Gasteiger partial charge in [0, 0.05) is 36.3 Å². The van der Waals surface area contributed by atoms with E-state index in [1.54, 1.807) is 13.1 Å². The van der Waals surface area contributed by atoms with Crippen molar-refractivity contribution in [1.82, 2.24) is 20.4 Å². The topological polar surface area (TPSA) is 84.2 Å². The SMILES string of the molecule is Cc1noc(-c2ccc(N3CCC(NC(=O)c4ccsc4)C3)nc2)n1. The number of carbonyl (C=O) groups excluding carboxylic acids is 1. The second kappa shape index (κ2) is 6.64. The maximum atomic E-state index is 12.1. The number of amides is 1. The third-order valence-electron chi connectivity index (χ3n) is 4.15. The lowest BCUT2D eigenvalue weighted by Gasteiger charge is -2.18. The number of hydrogen-bond acceptors (Lipinski definition) is 7. The molecule has 1 aliphatic heterocycles. The van der Waals surface area contributed by atoms with E-state index in [2.05, 4.69) is 25.3 Å². The molecular weight excluding hydrogens is 338 g/mol. The quantitative estimate of drug-likeness (QED) is 0.774. The maximum absolute atomic E-state index is 12.1. The van der Waals surface area contributed by atoms with Crippen LogP contribution in [0.2, 0.25) is 0 Å². The second-order valence-electron chi connectivity index (χ2n) is 5.97. The smallest absolute Gasteiger partial charge is 0.259 e. The summed E-state index contributed by atoms with van der Waals surface area (Å²) in [6.45, 7) is 3.39. The Kier molecular flexibility index (Phi) is 4.19. The standard InChI is InChI=1S/C17H17N5O2S/c1-11-19-17(24-21-11)12-2-3-15(18-8-12)22-6-4-14(9-22)20-16(23)13-5-7-25-10-13/h2-3,5,7-8,10,14H,4,6,9H2,1H3,(H,20,23). The number of aryl methyl sites for hydroxylation is 1. The van der Waals surface area contributed by atoms with Gasteiger partial charge < -0.3 is 14.7 Å². The predicted octanol–water partition coefficient (Wildman–Crippen LogP) is 2.51. The number of thiophene rings is 1. The van der Waals surface area contributed by atoms with E-state index in [1.165, 1.54) is 11.3 Å². The minimum absolute atomic E-state index is 0.0110. The normalized spacial score (nSPS) is 17.0. The van der Waals surface area contributed by atoms with Crippen molar-refractivity contribution in [3.63, 3.8) is 0 Å². The minimum Gasteiger partial charge on any atom is -0.354 e. The van der Waals surface area contributed by atoms with E-state index in [1.807, 2.05) is 29.0 Å². The summed E-state index contributed by atoms with van der Waals surface area (Å²) in [5.41, 5.74) is 1.52. The molecule has 0 saturated carbocycles. The van der Waals surface area contributed by atoms with Crippen molar-refractivity contribution in [3.05, 3.63) is 46.5 Å². The van der Waals surface area contributed by atoms with Crippen molar-refractivity contribution in [3.8, 4) is 11.5 Å². The highest BCUT2D eigenvalue weighted by molar-refractivity contribution is 7.08. The number of hydrogen-bond donors (Lipinski definition) is 1. The highest BCUT2D eigenvalue weighted by Gasteiger charge is 2.25. The van der Waals surface area contributed by atoms with Gasteiger partial charge in [-0.2, -0.15) is 16.3 Å². The van der Waals surface area contributed by atoms with Crippen LogP contribution in [0.1, 0.15) is 22.6 Å². The molecule has 1 fully saturated rings. The van der Waals surface area contributed by atoms with Crippen LogP contribution in [0.3, 0.4) is 0 Å². The summed E-state index contributed by atoms with van der Waals surface area (Å²) in [6.07, 6.45) is 2.64. The van der Waals surface area contributed by atoms with Gasteiger partial charge in [-0.25, -0.2) is 4.98 Å². The summed E-state index contributed by atoms with van der Waals surface area (Å²) in [7, 11) is 0. The first-order valence-corrected chi connectivity index (χ1v) is 8.98. The van der Waals surface area contributed by atoms with Crippen LogP contribution in [-0.2, 0) is 0 Å². The summed E-state index contributed by atoms with van der Waals surface area (Å²) in [5.74, 6) is 1.94. The molecule has 0 aromatic carbocycles. The molecule has 3 aromatic rings. The van der Waals surface area contributed by atoms with E-state index in [0.29, 0.717) is 11.7 Å². The number of rotatable bonds is 4. The Hall–Kier alpha value is -2.74. The monoisotopic (exact) mass is 355 g/mol. The highest BCUT2D eigenvalue weighted by Crippen LogP contribution is 2.22. The number of anilines is 1. The van der Waals surface area contributed by atoms with Crippen LogP contribution in [0.25, 0.3) is 11.5 Å². The molecule has 0 radical (unpaired) electrons. The van der Waals surface area contributed by atoms with E-state index in [-0.39, 0.29) is 11.9 Å². The van der Waals surface area contributed by atoms with Gasteiger partial charge in [-0.05, 0) is 36.9 Å². The first-order valence-electron chi connectivity index (χ1n) is 8.04. The Morgan fingerprint density at radius 2 is 2.32 bits per heavy atom. The third-order valence-corrected chi connectivity index (χ3v) is 4.84. The maximum Gasteiger partial charge on any atom is 0.259 e. The molecule has 8 heteroatoms. The van der Waals surface area contributed by atoms with Gasteiger partial charge in [-0.15, -0.1) is 0 Å². The second-order valence-corrected chi connectivity index (χ2v) is 6.75. The van der Waals surface area contributed by atoms with E-state index in [9.17, 15) is 4.79 Å². The third kappa shape index (κ3) is 3.39. The Labute approximate surface area is 148 Å². The van der Waals surface area contributed by atoms with Crippen LogP contribution in [0.15, 0.2) is 39.7 Å². The predicted molar refractivity (Wildman–Crippen MR) is 94.7 cm³/mol. The van der Waals surface area contributed by atoms with Crippen LogP contribution >= 0.6 is 11.3 Å². The molecule has 0 bridgehead atoms. The Balaban J connectivity index is 1.39. The number of carbonyl (C=O) groups is 1. The van der Waals surface area contributed by atoms with Crippen molar-refractivity contribution >= 4 is 23.1 Å². The van der Waals surface area contributed by atoms with Crippen LogP contribution < -0.4 is 10.2 Å². The van der Waals surface area contributed by atoms with Crippen molar-refractivity contribution in [2.24, 2.45) is 0 Å². The molecule has 1 atom stereocenters. The lowest BCUT2D eigenvalue weighted by atomic mass is 10.2. The Morgan fingerprint density at radius 3 is 3.00 bits per heavy atom. The molecule has 7 nitrogen and oxygen atoms in total. The molecule has 1 aliphatic rings. The molecule has 1 unspecified atom stereocenters. The lowest BCUT2D eigenvalue weighted by molar-refractivity contribution is 0.0941. The molecule has 4 rings (SSSR count). The fraction of sp³-hybridized carbons (Fsp3) is 0.294. The van der Waals surface area contributed by atoms with Gasteiger partial charge in [-0.1, -0.05) is 5.16 Å². The molecule has 0 spiro atoms. The zero-order valence-electron chi connectivity index (χ0n) is 13.7. The Morgan fingerprint density at radius 1 is 1.40 bits per heavy atom. The molecule has 1 amide bonds. The summed E-state index contributed by atoms with van der Waals surface area (Å²) < 4.78 is 5.15. The molecular formula is C17H17N5O2S. The van der Waals surface area contributed by atoms with Crippen molar-refractivity contribution in [1.29, 1.82) is 0 Å². The summed E-state index contributed by atoms with van der Waals surface area (Å²) in [5, 5.41) is 10.6. The van der Waals surface area contributed by atoms with Gasteiger partial charge in [0.1, 0.15) is 5.82 Å². The van der Waals surface area contributed by atoms with Crippen molar-refractivity contribution in [2.75, 3.05) is 18.0 Å². The van der Waals surface area contributed by atoms with Gasteiger partial charge >= 0.3 is 0 Å². The van der Waals surface area contributed by atoms with Crippen LogP contribution in [0, 0.1) is 6.92 Å². The highest BCUT2D eigenvalue weighted by atomic mass is 32.1. The van der Waals surface area contributed by atoms with Crippen molar-refractivity contribution in [2.45, 2.75) is 19.4 Å². The van der Waals surface area contributed by atoms with E-state index in [0.717, 1.165) is 36.5 Å². The molecule has 128 valence electrons. The molecule has 4 heterocycles. The molecule has 0 aliphatic carbocycles. The average Bonchev–Trinajstić information content (AvgIpc) is 3.36. The summed E-state index contributed by atoms with van der Waals surface area (Å²) >= 11 is 1.53. The number of aromatic nitrogens is 3. The van der Waals surface area contributed by atoms with Crippen LogP contribution in [0.4, 0.5) is 5.82 Å². The van der Waals surface area contributed by atoms with Gasteiger partial charge in [0.05, 0.1) is 5.56 Å². The number of nitrogens with zero attached hydrogens (tertiary/aromatic N) is 4. The average molecular weight is 355 g/mol. The number of nitrogens with one attached hydrogen (secondary N) is 1. The first kappa shape index (κ1) is 15.8. The summed E-state index contributed by atoms with van der Waals surface area (Å²) in [4.78, 5) is 23.0.